The summed E-state index contributed by atoms with van der Waals surface area (Å²) in [7, 11) is 0. The maximum absolute atomic E-state index is 12.6. The number of rotatable bonds is 2. The molecule has 106 valence electrons. The first-order valence-corrected chi connectivity index (χ1v) is 6.83. The summed E-state index contributed by atoms with van der Waals surface area (Å²) in [6.45, 7) is 5.15. The van der Waals surface area contributed by atoms with Crippen molar-refractivity contribution in [1.82, 2.24) is 0 Å². The highest BCUT2D eigenvalue weighted by atomic mass is 35.5. The lowest BCUT2D eigenvalue weighted by atomic mass is 10.1. The van der Waals surface area contributed by atoms with Crippen molar-refractivity contribution in [3.8, 4) is 0 Å². The minimum absolute atomic E-state index is 0.0918. The Bertz CT molecular complexity index is 483. The molecule has 0 unspecified atom stereocenters. The van der Waals surface area contributed by atoms with E-state index in [1.54, 1.807) is 20.8 Å². The van der Waals surface area contributed by atoms with Gasteiger partial charge >= 0.3 is 6.18 Å². The topological polar surface area (TPSA) is 35.4 Å². The zero-order valence-electron chi connectivity index (χ0n) is 10.6. The molecule has 0 heterocycles. The van der Waals surface area contributed by atoms with Gasteiger partial charge in [-0.15, -0.1) is 0 Å². The van der Waals surface area contributed by atoms with E-state index in [1.807, 2.05) is 0 Å². The van der Waals surface area contributed by atoms with Crippen LogP contribution >= 0.6 is 11.6 Å². The normalized spacial score (nSPS) is 14.9. The van der Waals surface area contributed by atoms with E-state index in [1.165, 1.54) is 12.1 Å². The van der Waals surface area contributed by atoms with Crippen LogP contribution in [0.4, 0.5) is 13.2 Å². The molecule has 1 aromatic carbocycles. The third kappa shape index (κ3) is 4.40. The molecule has 0 bridgehead atoms. The van der Waals surface area contributed by atoms with Crippen molar-refractivity contribution in [3.05, 3.63) is 34.3 Å². The Morgan fingerprint density at radius 2 is 1.84 bits per heavy atom. The Balaban J connectivity index is 3.08. The average molecular weight is 312 g/mol. The van der Waals surface area contributed by atoms with Crippen molar-refractivity contribution >= 4 is 29.2 Å². The summed E-state index contributed by atoms with van der Waals surface area (Å²) in [5, 5.41) is -0.440. The number of benzene rings is 1. The van der Waals surface area contributed by atoms with Crippen LogP contribution in [0.15, 0.2) is 22.6 Å². The van der Waals surface area contributed by atoms with Gasteiger partial charge in [0.15, 0.2) is 0 Å². The molecule has 0 aliphatic rings. The molecule has 0 radical (unpaired) electrons. The molecule has 0 fully saturated rings. The van der Waals surface area contributed by atoms with Gasteiger partial charge < -0.3 is 4.55 Å². The van der Waals surface area contributed by atoms with Crippen molar-refractivity contribution in [1.29, 1.82) is 0 Å². The molecule has 1 aromatic rings. The van der Waals surface area contributed by atoms with Crippen LogP contribution in [0.2, 0.25) is 5.02 Å². The summed E-state index contributed by atoms with van der Waals surface area (Å²) in [5.74, 6) is 0. The van der Waals surface area contributed by atoms with Gasteiger partial charge in [0.05, 0.1) is 16.8 Å². The van der Waals surface area contributed by atoms with Crippen LogP contribution in [-0.2, 0) is 17.5 Å². The van der Waals surface area contributed by atoms with Crippen LogP contribution < -0.4 is 0 Å². The second-order valence-electron chi connectivity index (χ2n) is 4.80. The van der Waals surface area contributed by atoms with Crippen LogP contribution in [0, 0.1) is 0 Å². The van der Waals surface area contributed by atoms with Gasteiger partial charge in [-0.2, -0.15) is 13.2 Å². The lowest BCUT2D eigenvalue weighted by Gasteiger charge is -2.17. The Labute approximate surface area is 118 Å². The van der Waals surface area contributed by atoms with Crippen molar-refractivity contribution in [2.45, 2.75) is 31.7 Å². The van der Waals surface area contributed by atoms with E-state index in [2.05, 4.69) is 4.40 Å². The first-order valence-electron chi connectivity index (χ1n) is 5.35. The molecular weight excluding hydrogens is 299 g/mol. The van der Waals surface area contributed by atoms with E-state index in [9.17, 15) is 17.7 Å². The van der Waals surface area contributed by atoms with Crippen LogP contribution in [0.25, 0.3) is 0 Å². The predicted molar refractivity (Wildman–Crippen MR) is 71.9 cm³/mol. The summed E-state index contributed by atoms with van der Waals surface area (Å²) >= 11 is 4.14. The van der Waals surface area contributed by atoms with Gasteiger partial charge in [0.2, 0.25) is 0 Å². The minimum atomic E-state index is -4.52. The first kappa shape index (κ1) is 16.3. The standard InChI is InChI=1S/C12H13ClF3NOS/c1-11(2,3)19(18)17-7-8-5-4-6-9(10(8)13)12(14,15)16/h4-7H,1-3H3/b17-7+/t19-/m1/s1. The molecule has 0 aliphatic carbocycles. The average Bonchev–Trinajstić information content (AvgIpc) is 2.24. The second kappa shape index (κ2) is 5.73. The fourth-order valence-electron chi connectivity index (χ4n) is 1.13. The van der Waals surface area contributed by atoms with Gasteiger partial charge in [-0.05, 0) is 26.8 Å². The smallest absolute Gasteiger partial charge is 0.417 e. The molecule has 0 spiro atoms. The molecule has 19 heavy (non-hydrogen) atoms. The van der Waals surface area contributed by atoms with Crippen LogP contribution in [-0.4, -0.2) is 15.5 Å². The van der Waals surface area contributed by atoms with E-state index in [0.29, 0.717) is 0 Å². The van der Waals surface area contributed by atoms with Gasteiger partial charge in [-0.1, -0.05) is 28.1 Å². The summed E-state index contributed by atoms with van der Waals surface area (Å²) in [5.41, 5.74) is -0.839. The van der Waals surface area contributed by atoms with E-state index < -0.39 is 32.9 Å². The number of halogens is 4. The quantitative estimate of drug-likeness (QED) is 0.594. The van der Waals surface area contributed by atoms with Crippen molar-refractivity contribution < 1.29 is 17.7 Å². The van der Waals surface area contributed by atoms with Gasteiger partial charge in [-0.3, -0.25) is 0 Å². The van der Waals surface area contributed by atoms with Gasteiger partial charge in [0, 0.05) is 5.56 Å². The van der Waals surface area contributed by atoms with Gasteiger partial charge in [-0.25, -0.2) is 0 Å². The molecule has 0 saturated carbocycles. The van der Waals surface area contributed by atoms with E-state index in [0.717, 1.165) is 12.3 Å². The fraction of sp³-hybridized carbons (Fsp3) is 0.417. The summed E-state index contributed by atoms with van der Waals surface area (Å²) < 4.78 is 52.7. The molecule has 0 aromatic heterocycles. The minimum Gasteiger partial charge on any atom is -0.591 e. The van der Waals surface area contributed by atoms with E-state index >= 15 is 0 Å². The number of nitrogens with zero attached hydrogens (tertiary/aromatic N) is 1. The maximum Gasteiger partial charge on any atom is 0.417 e. The van der Waals surface area contributed by atoms with Crippen molar-refractivity contribution in [2.75, 3.05) is 0 Å². The van der Waals surface area contributed by atoms with Crippen LogP contribution in [0.5, 0.6) is 0 Å². The number of alkyl halides is 3. The Morgan fingerprint density at radius 3 is 2.32 bits per heavy atom. The van der Waals surface area contributed by atoms with Crippen molar-refractivity contribution in [2.24, 2.45) is 4.40 Å². The molecular formula is C12H13ClF3NOS. The highest BCUT2D eigenvalue weighted by Crippen LogP contribution is 2.35. The molecule has 0 N–H and O–H groups in total. The lowest BCUT2D eigenvalue weighted by Crippen LogP contribution is -2.25. The highest BCUT2D eigenvalue weighted by molar-refractivity contribution is 7.91. The zero-order valence-corrected chi connectivity index (χ0v) is 12.2. The van der Waals surface area contributed by atoms with Gasteiger partial charge in [0.25, 0.3) is 0 Å². The molecule has 7 heteroatoms. The highest BCUT2D eigenvalue weighted by Gasteiger charge is 2.33. The van der Waals surface area contributed by atoms with Crippen LogP contribution in [0.1, 0.15) is 31.9 Å². The molecule has 0 amide bonds. The van der Waals surface area contributed by atoms with E-state index in [4.69, 9.17) is 11.6 Å². The summed E-state index contributed by atoms with van der Waals surface area (Å²) in [6.07, 6.45) is -3.41. The second-order valence-corrected chi connectivity index (χ2v) is 7.11. The Hall–Kier alpha value is -0.720. The van der Waals surface area contributed by atoms with E-state index in [-0.39, 0.29) is 5.56 Å². The fourth-order valence-corrected chi connectivity index (χ4v) is 1.94. The first-order chi connectivity index (χ1) is 8.53. The van der Waals surface area contributed by atoms with Crippen molar-refractivity contribution in [3.63, 3.8) is 0 Å². The number of hydrogen-bond donors (Lipinski definition) is 0. The Kier molecular flexibility index (Phi) is 4.92. The van der Waals surface area contributed by atoms with Crippen LogP contribution in [0.3, 0.4) is 0 Å². The third-order valence-electron chi connectivity index (χ3n) is 2.15. The third-order valence-corrected chi connectivity index (χ3v) is 3.91. The Morgan fingerprint density at radius 1 is 1.26 bits per heavy atom. The molecule has 1 rings (SSSR count). The summed E-state index contributed by atoms with van der Waals surface area (Å²) in [6, 6.07) is 3.51. The summed E-state index contributed by atoms with van der Waals surface area (Å²) in [4.78, 5) is 0. The predicted octanol–water partition coefficient (Wildman–Crippen LogP) is 4.24. The zero-order chi connectivity index (χ0) is 14.8. The largest absolute Gasteiger partial charge is 0.591 e. The molecule has 0 aliphatic heterocycles. The SMILES string of the molecule is CC(C)(C)[S@@+]([O-])/N=C/c1cccc(C(F)(F)F)c1Cl. The lowest BCUT2D eigenvalue weighted by molar-refractivity contribution is -0.137. The maximum atomic E-state index is 12.6. The molecule has 0 saturated heterocycles. The monoisotopic (exact) mass is 311 g/mol. The molecule has 1 atom stereocenters. The number of hydrogen-bond acceptors (Lipinski definition) is 2. The van der Waals surface area contributed by atoms with Gasteiger partial charge in [0.1, 0.15) is 16.1 Å². The molecule has 2 nitrogen and oxygen atoms in total.